The third-order valence-electron chi connectivity index (χ3n) is 2.83. The molecular formula is C14H10BrN5O2S. The van der Waals surface area contributed by atoms with Crippen LogP contribution in [0.2, 0.25) is 0 Å². The fraction of sp³-hybridized carbons (Fsp3) is 0.0714. The highest BCUT2D eigenvalue weighted by Gasteiger charge is 2.09. The number of anilines is 1. The number of nitrogens with zero attached hydrogens (tertiary/aromatic N) is 4. The molecule has 3 rings (SSSR count). The van der Waals surface area contributed by atoms with Gasteiger partial charge in [0, 0.05) is 34.5 Å². The number of carboxylic acid groups (broad SMARTS) is 1. The van der Waals surface area contributed by atoms with Gasteiger partial charge in [0.05, 0.1) is 0 Å². The van der Waals surface area contributed by atoms with Crippen LogP contribution < -0.4 is 5.32 Å². The summed E-state index contributed by atoms with van der Waals surface area (Å²) >= 11 is 4.80. The molecule has 0 spiro atoms. The van der Waals surface area contributed by atoms with Crippen molar-refractivity contribution in [3.8, 4) is 10.6 Å². The van der Waals surface area contributed by atoms with E-state index in [0.717, 1.165) is 25.7 Å². The van der Waals surface area contributed by atoms with E-state index in [2.05, 4.69) is 41.4 Å². The van der Waals surface area contributed by atoms with E-state index in [9.17, 15) is 4.79 Å². The summed E-state index contributed by atoms with van der Waals surface area (Å²) in [7, 11) is 0. The lowest BCUT2D eigenvalue weighted by molar-refractivity contribution is 0.209. The molecule has 0 radical (unpaired) electrons. The second-order valence-corrected chi connectivity index (χ2v) is 6.49. The zero-order valence-electron chi connectivity index (χ0n) is 11.6. The van der Waals surface area contributed by atoms with Crippen LogP contribution in [-0.4, -0.2) is 31.4 Å². The van der Waals surface area contributed by atoms with E-state index in [0.29, 0.717) is 6.42 Å². The average molecular weight is 392 g/mol. The number of rotatable bonds is 4. The minimum atomic E-state index is -1.15. The number of hydrogen-bond acceptors (Lipinski definition) is 6. The van der Waals surface area contributed by atoms with Gasteiger partial charge in [-0.25, -0.2) is 9.78 Å². The maximum atomic E-state index is 10.5. The zero-order chi connectivity index (χ0) is 16.2. The van der Waals surface area contributed by atoms with Gasteiger partial charge in [0.2, 0.25) is 0 Å². The summed E-state index contributed by atoms with van der Waals surface area (Å²) < 4.78 is 0.931. The monoisotopic (exact) mass is 391 g/mol. The third kappa shape index (κ3) is 4.08. The van der Waals surface area contributed by atoms with Crippen molar-refractivity contribution in [3.05, 3.63) is 51.8 Å². The summed E-state index contributed by atoms with van der Waals surface area (Å²) in [5.41, 5.74) is 1.70. The number of carbonyl (C=O) groups is 1. The standard InChI is InChI=1S/C14H10BrN5O2S/c15-9-2-3-10(16-7-9)5-12-19-20-13(23-12)8-1-4-11(17-6-8)18-14(21)22/h1-4,6-7H,5H2,(H,17,18)(H,21,22). The highest BCUT2D eigenvalue weighted by atomic mass is 79.9. The summed E-state index contributed by atoms with van der Waals surface area (Å²) in [4.78, 5) is 18.9. The van der Waals surface area contributed by atoms with Gasteiger partial charge in [0.25, 0.3) is 0 Å². The number of nitrogens with one attached hydrogen (secondary N) is 1. The molecule has 0 atom stereocenters. The van der Waals surface area contributed by atoms with E-state index >= 15 is 0 Å². The molecule has 7 nitrogen and oxygen atoms in total. The summed E-state index contributed by atoms with van der Waals surface area (Å²) in [6.07, 6.45) is 2.77. The lowest BCUT2D eigenvalue weighted by atomic mass is 10.3. The Morgan fingerprint density at radius 2 is 2.04 bits per heavy atom. The molecule has 0 aliphatic rings. The molecule has 9 heteroatoms. The second kappa shape index (κ2) is 6.80. The molecule has 0 unspecified atom stereocenters. The van der Waals surface area contributed by atoms with E-state index in [1.54, 1.807) is 24.5 Å². The molecule has 0 aliphatic carbocycles. The topological polar surface area (TPSA) is 101 Å². The highest BCUT2D eigenvalue weighted by Crippen LogP contribution is 2.24. The molecule has 3 aromatic rings. The molecule has 3 aromatic heterocycles. The first kappa shape index (κ1) is 15.5. The van der Waals surface area contributed by atoms with Gasteiger partial charge in [-0.3, -0.25) is 10.3 Å². The van der Waals surface area contributed by atoms with Gasteiger partial charge >= 0.3 is 6.09 Å². The van der Waals surface area contributed by atoms with Crippen LogP contribution in [0.15, 0.2) is 41.1 Å². The van der Waals surface area contributed by atoms with Gasteiger partial charge in [-0.05, 0) is 40.2 Å². The fourth-order valence-electron chi connectivity index (χ4n) is 1.81. The predicted octanol–water partition coefficient (Wildman–Crippen LogP) is 3.44. The van der Waals surface area contributed by atoms with Crippen molar-refractivity contribution in [2.75, 3.05) is 5.32 Å². The summed E-state index contributed by atoms with van der Waals surface area (Å²) in [6, 6.07) is 7.20. The zero-order valence-corrected chi connectivity index (χ0v) is 14.0. The molecule has 0 aromatic carbocycles. The maximum Gasteiger partial charge on any atom is 0.410 e. The predicted molar refractivity (Wildman–Crippen MR) is 89.5 cm³/mol. The minimum Gasteiger partial charge on any atom is -0.465 e. The molecule has 2 N–H and O–H groups in total. The summed E-state index contributed by atoms with van der Waals surface area (Å²) in [5.74, 6) is 0.269. The van der Waals surface area contributed by atoms with E-state index in [1.165, 1.54) is 11.3 Å². The lowest BCUT2D eigenvalue weighted by Crippen LogP contribution is -2.08. The summed E-state index contributed by atoms with van der Waals surface area (Å²) in [6.45, 7) is 0. The van der Waals surface area contributed by atoms with Crippen molar-refractivity contribution >= 4 is 39.2 Å². The number of amides is 1. The molecule has 23 heavy (non-hydrogen) atoms. The van der Waals surface area contributed by atoms with Crippen LogP contribution in [0.5, 0.6) is 0 Å². The van der Waals surface area contributed by atoms with Gasteiger partial charge in [0.15, 0.2) is 0 Å². The molecule has 0 bridgehead atoms. The quantitative estimate of drug-likeness (QED) is 0.706. The molecule has 1 amide bonds. The average Bonchev–Trinajstić information content (AvgIpc) is 2.98. The Balaban J connectivity index is 1.73. The van der Waals surface area contributed by atoms with Gasteiger partial charge in [-0.1, -0.05) is 11.3 Å². The Morgan fingerprint density at radius 1 is 1.17 bits per heavy atom. The number of aromatic nitrogens is 4. The van der Waals surface area contributed by atoms with Gasteiger partial charge < -0.3 is 5.11 Å². The molecule has 0 saturated heterocycles. The lowest BCUT2D eigenvalue weighted by Gasteiger charge is -2.00. The number of halogens is 1. The summed E-state index contributed by atoms with van der Waals surface area (Å²) in [5, 5.41) is 20.7. The van der Waals surface area contributed by atoms with Crippen LogP contribution in [0.1, 0.15) is 10.7 Å². The number of pyridine rings is 2. The van der Waals surface area contributed by atoms with Crippen molar-refractivity contribution in [1.29, 1.82) is 0 Å². The third-order valence-corrected chi connectivity index (χ3v) is 4.27. The Labute approximate surface area is 143 Å². The Morgan fingerprint density at radius 3 is 2.70 bits per heavy atom. The van der Waals surface area contributed by atoms with Gasteiger partial charge in [-0.15, -0.1) is 10.2 Å². The smallest absolute Gasteiger partial charge is 0.410 e. The SMILES string of the molecule is O=C(O)Nc1ccc(-c2nnc(Cc3ccc(Br)cn3)s2)cn1. The maximum absolute atomic E-state index is 10.5. The molecular weight excluding hydrogens is 382 g/mol. The van der Waals surface area contributed by atoms with Crippen LogP contribution in [-0.2, 0) is 6.42 Å². The van der Waals surface area contributed by atoms with E-state index in [-0.39, 0.29) is 5.82 Å². The van der Waals surface area contributed by atoms with Crippen molar-refractivity contribution < 1.29 is 9.90 Å². The molecule has 116 valence electrons. The van der Waals surface area contributed by atoms with Crippen molar-refractivity contribution in [3.63, 3.8) is 0 Å². The Kier molecular flexibility index (Phi) is 4.58. The van der Waals surface area contributed by atoms with Crippen LogP contribution in [0.4, 0.5) is 10.6 Å². The van der Waals surface area contributed by atoms with Crippen molar-refractivity contribution in [2.45, 2.75) is 6.42 Å². The van der Waals surface area contributed by atoms with Crippen LogP contribution in [0.25, 0.3) is 10.6 Å². The Hall–Kier alpha value is -2.39. The van der Waals surface area contributed by atoms with Crippen LogP contribution >= 0.6 is 27.3 Å². The molecule has 0 fully saturated rings. The Bertz CT molecular complexity index is 820. The number of hydrogen-bond donors (Lipinski definition) is 2. The largest absolute Gasteiger partial charge is 0.465 e. The fourth-order valence-corrected chi connectivity index (χ4v) is 2.89. The van der Waals surface area contributed by atoms with Crippen LogP contribution in [0, 0.1) is 0 Å². The van der Waals surface area contributed by atoms with Crippen LogP contribution in [0.3, 0.4) is 0 Å². The van der Waals surface area contributed by atoms with Crippen molar-refractivity contribution in [2.24, 2.45) is 0 Å². The van der Waals surface area contributed by atoms with Gasteiger partial charge in [-0.2, -0.15) is 0 Å². The minimum absolute atomic E-state index is 0.269. The highest BCUT2D eigenvalue weighted by molar-refractivity contribution is 9.10. The molecule has 0 aliphatic heterocycles. The molecule has 3 heterocycles. The van der Waals surface area contributed by atoms with Crippen molar-refractivity contribution in [1.82, 2.24) is 20.2 Å². The van der Waals surface area contributed by atoms with E-state index in [1.807, 2.05) is 12.1 Å². The van der Waals surface area contributed by atoms with E-state index in [4.69, 9.17) is 5.11 Å². The normalized spacial score (nSPS) is 10.5. The second-order valence-electron chi connectivity index (χ2n) is 4.51. The van der Waals surface area contributed by atoms with E-state index < -0.39 is 6.09 Å². The first-order chi connectivity index (χ1) is 11.1. The molecule has 0 saturated carbocycles. The first-order valence-electron chi connectivity index (χ1n) is 6.49. The van der Waals surface area contributed by atoms with Gasteiger partial charge in [0.1, 0.15) is 15.8 Å². The first-order valence-corrected chi connectivity index (χ1v) is 8.10.